The summed E-state index contributed by atoms with van der Waals surface area (Å²) in [4.78, 5) is 56.2. The Morgan fingerprint density at radius 1 is 1.09 bits per heavy atom. The van der Waals surface area contributed by atoms with Crippen LogP contribution in [-0.2, 0) is 20.7 Å². The summed E-state index contributed by atoms with van der Waals surface area (Å²) in [6, 6.07) is 14.4. The summed E-state index contributed by atoms with van der Waals surface area (Å²) in [5.41, 5.74) is 2.71. The van der Waals surface area contributed by atoms with E-state index in [1.165, 1.54) is 4.90 Å². The monoisotopic (exact) mass is 602 g/mol. The van der Waals surface area contributed by atoms with Crippen LogP contribution in [0.3, 0.4) is 0 Å². The molecule has 44 heavy (non-hydrogen) atoms. The Morgan fingerprint density at radius 3 is 2.59 bits per heavy atom. The van der Waals surface area contributed by atoms with Gasteiger partial charge < -0.3 is 24.7 Å². The van der Waals surface area contributed by atoms with Gasteiger partial charge in [0, 0.05) is 19.6 Å². The zero-order chi connectivity index (χ0) is 31.2. The number of urea groups is 1. The van der Waals surface area contributed by atoms with Gasteiger partial charge in [0.05, 0.1) is 25.2 Å². The van der Waals surface area contributed by atoms with Gasteiger partial charge in [-0.15, -0.1) is 10.2 Å². The third-order valence-electron chi connectivity index (χ3n) is 7.78. The summed E-state index contributed by atoms with van der Waals surface area (Å²) < 4.78 is 11.4. The summed E-state index contributed by atoms with van der Waals surface area (Å²) in [6.07, 6.45) is 0.817. The van der Waals surface area contributed by atoms with Gasteiger partial charge in [0.2, 0.25) is 17.6 Å². The first-order valence-electron chi connectivity index (χ1n) is 14.9. The number of carbonyl (C=O) groups excluding carboxylic acids is 4. The average molecular weight is 603 g/mol. The molecule has 3 atom stereocenters. The fraction of sp³-hybridized carbons (Fsp3) is 0.438. The van der Waals surface area contributed by atoms with Crippen molar-refractivity contribution in [3.05, 3.63) is 83.1 Å². The van der Waals surface area contributed by atoms with Gasteiger partial charge in [-0.25, -0.2) is 4.79 Å². The largest absolute Gasteiger partial charge is 0.418 e. The highest BCUT2D eigenvalue weighted by atomic mass is 16.5. The molecule has 2 fully saturated rings. The van der Waals surface area contributed by atoms with Crippen molar-refractivity contribution >= 4 is 23.6 Å². The number of ketones is 1. The number of carbonyl (C=O) groups is 4. The number of aromatic nitrogens is 2. The molecule has 1 aromatic heterocycles. The van der Waals surface area contributed by atoms with Gasteiger partial charge in [-0.1, -0.05) is 74.0 Å². The number of nitrogens with one attached hydrogen (secondary N) is 2. The number of amides is 4. The van der Waals surface area contributed by atoms with E-state index < -0.39 is 42.3 Å². The van der Waals surface area contributed by atoms with Crippen LogP contribution >= 0.6 is 0 Å². The quantitative estimate of drug-likeness (QED) is 0.236. The predicted molar refractivity (Wildman–Crippen MR) is 160 cm³/mol. The lowest BCUT2D eigenvalue weighted by atomic mass is 9.99. The molecule has 2 aliphatic rings. The Labute approximate surface area is 256 Å². The fourth-order valence-corrected chi connectivity index (χ4v) is 5.51. The van der Waals surface area contributed by atoms with Gasteiger partial charge in [0.1, 0.15) is 12.6 Å². The highest BCUT2D eigenvalue weighted by Crippen LogP contribution is 2.31. The zero-order valence-corrected chi connectivity index (χ0v) is 25.2. The van der Waals surface area contributed by atoms with Gasteiger partial charge in [-0.05, 0) is 30.4 Å². The third-order valence-corrected chi connectivity index (χ3v) is 7.78. The van der Waals surface area contributed by atoms with Crippen molar-refractivity contribution in [2.75, 3.05) is 32.8 Å². The number of imide groups is 1. The lowest BCUT2D eigenvalue weighted by molar-refractivity contribution is -0.133. The first kappa shape index (κ1) is 31.0. The van der Waals surface area contributed by atoms with Crippen molar-refractivity contribution in [3.8, 4) is 0 Å². The Kier molecular flexibility index (Phi) is 9.81. The van der Waals surface area contributed by atoms with Crippen molar-refractivity contribution in [2.24, 2.45) is 5.92 Å². The lowest BCUT2D eigenvalue weighted by Crippen LogP contribution is -2.49. The molecular weight excluding hydrogens is 564 g/mol. The molecule has 3 heterocycles. The van der Waals surface area contributed by atoms with E-state index in [4.69, 9.17) is 9.15 Å². The number of nitrogens with zero attached hydrogens (tertiary/aromatic N) is 4. The SMILES string of the molecule is Cc1cccc(Cc2nnc(C(=O)C(NC(=O)CN3C(=O)C(c4ccccc4)N(CCC4CNCCO4)C3=O)C(C)C)o2)c1. The maximum atomic E-state index is 13.6. The maximum absolute atomic E-state index is 13.6. The van der Waals surface area contributed by atoms with Crippen LogP contribution in [0.15, 0.2) is 59.0 Å². The van der Waals surface area contributed by atoms with Gasteiger partial charge in [0.15, 0.2) is 0 Å². The predicted octanol–water partition coefficient (Wildman–Crippen LogP) is 2.68. The highest BCUT2D eigenvalue weighted by molar-refractivity contribution is 6.07. The minimum Gasteiger partial charge on any atom is -0.418 e. The van der Waals surface area contributed by atoms with E-state index in [2.05, 4.69) is 20.8 Å². The minimum atomic E-state index is -1.00. The van der Waals surface area contributed by atoms with Gasteiger partial charge in [0.25, 0.3) is 11.8 Å². The molecule has 2 N–H and O–H groups in total. The van der Waals surface area contributed by atoms with E-state index in [0.717, 1.165) is 22.6 Å². The second-order valence-corrected chi connectivity index (χ2v) is 11.5. The summed E-state index contributed by atoms with van der Waals surface area (Å²) >= 11 is 0. The Bertz CT molecular complexity index is 1490. The lowest BCUT2D eigenvalue weighted by Gasteiger charge is -2.27. The molecule has 4 amide bonds. The van der Waals surface area contributed by atoms with E-state index in [1.807, 2.05) is 37.3 Å². The molecule has 5 rings (SSSR count). The Hall–Kier alpha value is -4.42. The van der Waals surface area contributed by atoms with E-state index in [-0.39, 0.29) is 30.3 Å². The second-order valence-electron chi connectivity index (χ2n) is 11.5. The molecule has 2 saturated heterocycles. The Morgan fingerprint density at radius 2 is 1.89 bits per heavy atom. The number of ether oxygens (including phenoxy) is 1. The normalized spacial score (nSPS) is 19.5. The number of morpholine rings is 1. The first-order chi connectivity index (χ1) is 21.2. The van der Waals surface area contributed by atoms with Gasteiger partial charge in [-0.3, -0.25) is 19.3 Å². The molecule has 2 aliphatic heterocycles. The molecule has 0 radical (unpaired) electrons. The molecule has 3 aromatic rings. The summed E-state index contributed by atoms with van der Waals surface area (Å²) in [5.74, 6) is -1.95. The highest BCUT2D eigenvalue weighted by Gasteiger charge is 2.46. The molecule has 2 aromatic carbocycles. The fourth-order valence-electron chi connectivity index (χ4n) is 5.51. The van der Waals surface area contributed by atoms with E-state index in [1.54, 1.807) is 38.1 Å². The summed E-state index contributed by atoms with van der Waals surface area (Å²) in [5, 5.41) is 13.9. The zero-order valence-electron chi connectivity index (χ0n) is 25.2. The van der Waals surface area contributed by atoms with Crippen molar-refractivity contribution in [2.45, 2.75) is 51.8 Å². The topological polar surface area (TPSA) is 147 Å². The van der Waals surface area contributed by atoms with Crippen LogP contribution in [0.5, 0.6) is 0 Å². The van der Waals surface area contributed by atoms with Crippen LogP contribution < -0.4 is 10.6 Å². The standard InChI is InChI=1S/C32H38N6O6/c1-20(2)27(29(40)30-36-35-26(44-30)17-22-9-7-8-21(3)16-22)34-25(39)19-38-31(41)28(23-10-5-4-6-11-23)37(32(38)42)14-12-24-18-33-13-15-43-24/h4-11,16,20,24,27-28,33H,12-15,17-19H2,1-3H3,(H,34,39). The average Bonchev–Trinajstić information content (AvgIpc) is 3.57. The number of aryl methyl sites for hydroxylation is 1. The number of hydrogen-bond donors (Lipinski definition) is 2. The van der Waals surface area contributed by atoms with Crippen LogP contribution in [0, 0.1) is 12.8 Å². The number of benzene rings is 2. The number of hydrogen-bond acceptors (Lipinski definition) is 9. The van der Waals surface area contributed by atoms with Gasteiger partial charge in [-0.2, -0.15) is 0 Å². The van der Waals surface area contributed by atoms with Crippen LogP contribution in [0.1, 0.15) is 59.6 Å². The van der Waals surface area contributed by atoms with Crippen LogP contribution in [0.4, 0.5) is 4.79 Å². The molecule has 12 heteroatoms. The molecule has 0 bridgehead atoms. The second kappa shape index (κ2) is 13.9. The maximum Gasteiger partial charge on any atom is 0.328 e. The Balaban J connectivity index is 1.26. The molecule has 3 unspecified atom stereocenters. The van der Waals surface area contributed by atoms with Crippen LogP contribution in [0.2, 0.25) is 0 Å². The van der Waals surface area contributed by atoms with E-state index >= 15 is 0 Å². The van der Waals surface area contributed by atoms with Crippen molar-refractivity contribution in [1.29, 1.82) is 0 Å². The van der Waals surface area contributed by atoms with Gasteiger partial charge >= 0.3 is 6.03 Å². The number of Topliss-reactive ketones (excluding diaryl/α,β-unsaturated/α-hetero) is 1. The van der Waals surface area contributed by atoms with Crippen LogP contribution in [-0.4, -0.2) is 88.6 Å². The molecule has 0 spiro atoms. The molecule has 12 nitrogen and oxygen atoms in total. The van der Waals surface area contributed by atoms with Crippen molar-refractivity contribution in [1.82, 2.24) is 30.6 Å². The smallest absolute Gasteiger partial charge is 0.328 e. The third kappa shape index (κ3) is 7.20. The molecule has 232 valence electrons. The van der Waals surface area contributed by atoms with Crippen molar-refractivity contribution < 1.29 is 28.3 Å². The first-order valence-corrected chi connectivity index (χ1v) is 14.9. The summed E-state index contributed by atoms with van der Waals surface area (Å²) in [7, 11) is 0. The molecule has 0 aliphatic carbocycles. The van der Waals surface area contributed by atoms with E-state index in [0.29, 0.717) is 31.6 Å². The van der Waals surface area contributed by atoms with E-state index in [9.17, 15) is 19.2 Å². The molecular formula is C32H38N6O6. The number of rotatable bonds is 12. The van der Waals surface area contributed by atoms with Crippen LogP contribution in [0.25, 0.3) is 0 Å². The molecule has 0 saturated carbocycles. The van der Waals surface area contributed by atoms with Crippen molar-refractivity contribution in [3.63, 3.8) is 0 Å². The minimum absolute atomic E-state index is 0.0831. The summed E-state index contributed by atoms with van der Waals surface area (Å²) in [6.45, 7) is 7.29.